The fourth-order valence-corrected chi connectivity index (χ4v) is 9.63. The lowest BCUT2D eigenvalue weighted by Gasteiger charge is -2.16. The maximum Gasteiger partial charge on any atom is 0.263 e. The van der Waals surface area contributed by atoms with E-state index in [9.17, 15) is 25.3 Å². The normalized spacial score (nSPS) is 13.1. The Balaban J connectivity index is 6.15. The van der Waals surface area contributed by atoms with Gasteiger partial charge in [0.15, 0.2) is 29.5 Å². The number of hydrogen-bond donors (Lipinski definition) is 0. The van der Waals surface area contributed by atoms with Crippen molar-refractivity contribution < 1.29 is 25.3 Å². The number of sulfone groups is 3. The van der Waals surface area contributed by atoms with Gasteiger partial charge in [-0.25, -0.2) is 25.3 Å². The van der Waals surface area contributed by atoms with Crippen LogP contribution in [-0.4, -0.2) is 46.4 Å². The van der Waals surface area contributed by atoms with Crippen LogP contribution in [0.25, 0.3) is 0 Å². The van der Waals surface area contributed by atoms with Crippen molar-refractivity contribution in [2.75, 3.05) is 17.3 Å². The molecule has 0 aliphatic heterocycles. The van der Waals surface area contributed by atoms with Gasteiger partial charge in [-0.1, -0.05) is 18.2 Å². The van der Waals surface area contributed by atoms with Gasteiger partial charge in [-0.05, 0) is 0 Å². The molecule has 9 heteroatoms. The van der Waals surface area contributed by atoms with Gasteiger partial charge in [0.25, 0.3) is 3.91 Å². The zero-order chi connectivity index (χ0) is 15.3. The number of rotatable bonds is 9. The smallest absolute Gasteiger partial charge is 0.226 e. The summed E-state index contributed by atoms with van der Waals surface area (Å²) in [7, 11) is -13.3. The molecule has 0 rings (SSSR count). The van der Waals surface area contributed by atoms with Gasteiger partial charge in [0, 0.05) is 0 Å². The molecule has 0 aliphatic rings. The Morgan fingerprint density at radius 2 is 0.842 bits per heavy atom. The molecule has 19 heavy (non-hydrogen) atoms. The van der Waals surface area contributed by atoms with Crippen molar-refractivity contribution >= 4 is 29.5 Å². The fourth-order valence-electron chi connectivity index (χ4n) is 1.40. The molecule has 0 aromatic rings. The lowest BCUT2D eigenvalue weighted by Crippen LogP contribution is -2.41. The van der Waals surface area contributed by atoms with Crippen LogP contribution >= 0.6 is 0 Å². The second-order valence-electron chi connectivity index (χ2n) is 3.64. The van der Waals surface area contributed by atoms with E-state index in [1.54, 1.807) is 0 Å². The summed E-state index contributed by atoms with van der Waals surface area (Å²) in [6.45, 7) is 9.53. The van der Waals surface area contributed by atoms with Crippen molar-refractivity contribution in [1.29, 1.82) is 0 Å². The molecular formula is C10H16O6S3. The first-order chi connectivity index (χ1) is 8.55. The zero-order valence-corrected chi connectivity index (χ0v) is 12.7. The molecule has 0 fully saturated rings. The van der Waals surface area contributed by atoms with Gasteiger partial charge in [0.2, 0.25) is 0 Å². The highest BCUT2D eigenvalue weighted by Gasteiger charge is 2.45. The maximum atomic E-state index is 11.9. The Hall–Kier alpha value is -0.930. The molecule has 110 valence electrons. The molecule has 0 saturated carbocycles. The van der Waals surface area contributed by atoms with E-state index in [0.717, 1.165) is 18.2 Å². The average Bonchev–Trinajstić information content (AvgIpc) is 2.14. The topological polar surface area (TPSA) is 102 Å². The van der Waals surface area contributed by atoms with Crippen molar-refractivity contribution in [3.05, 3.63) is 38.0 Å². The van der Waals surface area contributed by atoms with Crippen LogP contribution in [0.4, 0.5) is 0 Å². The van der Waals surface area contributed by atoms with Crippen molar-refractivity contribution in [3.63, 3.8) is 0 Å². The predicted octanol–water partition coefficient (Wildman–Crippen LogP) is 0.0724. The quantitative estimate of drug-likeness (QED) is 0.555. The Bertz CT molecular complexity index is 557. The van der Waals surface area contributed by atoms with Crippen LogP contribution in [-0.2, 0) is 29.5 Å². The molecule has 0 atom stereocenters. The van der Waals surface area contributed by atoms with Gasteiger partial charge in [-0.3, -0.25) is 0 Å². The van der Waals surface area contributed by atoms with E-state index >= 15 is 0 Å². The van der Waals surface area contributed by atoms with Crippen LogP contribution in [0.3, 0.4) is 0 Å². The lowest BCUT2D eigenvalue weighted by atomic mass is 10.8. The third-order valence-electron chi connectivity index (χ3n) is 1.93. The Kier molecular flexibility index (Phi) is 6.17. The summed E-state index contributed by atoms with van der Waals surface area (Å²) in [5.41, 5.74) is 0. The van der Waals surface area contributed by atoms with Crippen molar-refractivity contribution in [2.45, 2.75) is 3.91 Å². The van der Waals surface area contributed by atoms with E-state index in [1.807, 2.05) is 0 Å². The van der Waals surface area contributed by atoms with Crippen molar-refractivity contribution in [1.82, 2.24) is 0 Å². The van der Waals surface area contributed by atoms with Crippen LogP contribution in [0.15, 0.2) is 38.0 Å². The largest absolute Gasteiger partial charge is 0.263 e. The van der Waals surface area contributed by atoms with Gasteiger partial charge in [-0.15, -0.1) is 19.7 Å². The lowest BCUT2D eigenvalue weighted by molar-refractivity contribution is 0.576. The van der Waals surface area contributed by atoms with Crippen LogP contribution in [0.2, 0.25) is 0 Å². The summed E-state index contributed by atoms with van der Waals surface area (Å²) in [6.07, 6.45) is 2.82. The maximum absolute atomic E-state index is 11.9. The highest BCUT2D eigenvalue weighted by molar-refractivity contribution is 8.24. The standard InChI is InChI=1S/C10H16O6S3/c1-4-7-17(11,12)10(18(13,14)8-5-2)19(15,16)9-6-3/h4-6,10H,1-3,7-9H2. The van der Waals surface area contributed by atoms with E-state index in [2.05, 4.69) is 19.7 Å². The molecule has 0 N–H and O–H groups in total. The molecule has 0 unspecified atom stereocenters. The summed E-state index contributed by atoms with van der Waals surface area (Å²) in [5.74, 6) is -2.24. The highest BCUT2D eigenvalue weighted by Crippen LogP contribution is 2.20. The molecule has 0 amide bonds. The molecule has 0 aliphatic carbocycles. The van der Waals surface area contributed by atoms with Gasteiger partial charge < -0.3 is 0 Å². The molecule has 0 aromatic carbocycles. The first-order valence-corrected chi connectivity index (χ1v) is 10.2. The van der Waals surface area contributed by atoms with E-state index in [-0.39, 0.29) is 0 Å². The molecule has 0 bridgehead atoms. The van der Waals surface area contributed by atoms with Crippen LogP contribution in [0.1, 0.15) is 0 Å². The van der Waals surface area contributed by atoms with Gasteiger partial charge in [-0.2, -0.15) is 0 Å². The SMILES string of the molecule is C=CCS(=O)(=O)C(S(=O)(=O)CC=C)S(=O)(=O)CC=C. The van der Waals surface area contributed by atoms with Gasteiger partial charge in [0.05, 0.1) is 17.3 Å². The molecule has 0 aromatic heterocycles. The van der Waals surface area contributed by atoms with Crippen molar-refractivity contribution in [2.24, 2.45) is 0 Å². The van der Waals surface area contributed by atoms with Crippen LogP contribution in [0, 0.1) is 0 Å². The zero-order valence-electron chi connectivity index (χ0n) is 10.2. The molecule has 0 heterocycles. The van der Waals surface area contributed by atoms with Crippen molar-refractivity contribution in [3.8, 4) is 0 Å². The van der Waals surface area contributed by atoms with E-state index in [4.69, 9.17) is 0 Å². The minimum atomic E-state index is -4.42. The highest BCUT2D eigenvalue weighted by atomic mass is 32.3. The van der Waals surface area contributed by atoms with E-state index < -0.39 is 50.7 Å². The minimum Gasteiger partial charge on any atom is -0.226 e. The minimum absolute atomic E-state index is 0.746. The molecule has 0 spiro atoms. The second kappa shape index (κ2) is 6.49. The first kappa shape index (κ1) is 18.1. The predicted molar refractivity (Wildman–Crippen MR) is 75.7 cm³/mol. The monoisotopic (exact) mass is 328 g/mol. The molecular weight excluding hydrogens is 312 g/mol. The van der Waals surface area contributed by atoms with Gasteiger partial charge in [0.1, 0.15) is 0 Å². The third-order valence-corrected chi connectivity index (χ3v) is 11.1. The average molecular weight is 328 g/mol. The summed E-state index contributed by atoms with van der Waals surface area (Å²) in [5, 5.41) is 0. The van der Waals surface area contributed by atoms with Crippen LogP contribution in [0.5, 0.6) is 0 Å². The fraction of sp³-hybridized carbons (Fsp3) is 0.400. The van der Waals surface area contributed by atoms with Gasteiger partial charge >= 0.3 is 0 Å². The summed E-state index contributed by atoms with van der Waals surface area (Å²) in [4.78, 5) is 0. The third kappa shape index (κ3) is 4.59. The summed E-state index contributed by atoms with van der Waals surface area (Å²) in [6, 6.07) is 0. The Morgan fingerprint density at radius 1 is 0.632 bits per heavy atom. The summed E-state index contributed by atoms with van der Waals surface area (Å²) >= 11 is 0. The summed E-state index contributed by atoms with van der Waals surface area (Å²) < 4.78 is 68.7. The molecule has 0 radical (unpaired) electrons. The second-order valence-corrected chi connectivity index (χ2v) is 10.9. The Morgan fingerprint density at radius 3 is 1.00 bits per heavy atom. The van der Waals surface area contributed by atoms with E-state index in [0.29, 0.717) is 0 Å². The van der Waals surface area contributed by atoms with Crippen LogP contribution < -0.4 is 0 Å². The first-order valence-electron chi connectivity index (χ1n) is 5.02. The number of hydrogen-bond acceptors (Lipinski definition) is 6. The molecule has 0 saturated heterocycles. The molecule has 6 nitrogen and oxygen atoms in total. The van der Waals surface area contributed by atoms with E-state index in [1.165, 1.54) is 0 Å². The Labute approximate surface area is 114 Å².